The topological polar surface area (TPSA) is 77.9 Å². The zero-order chi connectivity index (χ0) is 18.3. The molecule has 0 radical (unpaired) electrons. The third kappa shape index (κ3) is 2.76. The van der Waals surface area contributed by atoms with Crippen LogP contribution in [0.4, 0.5) is 5.69 Å². The molecule has 0 spiro atoms. The van der Waals surface area contributed by atoms with E-state index in [1.165, 1.54) is 4.90 Å². The predicted octanol–water partition coefficient (Wildman–Crippen LogP) is 2.27. The second-order valence-electron chi connectivity index (χ2n) is 6.93. The molecule has 2 aliphatic rings. The van der Waals surface area contributed by atoms with E-state index in [1.807, 2.05) is 41.3 Å². The molecule has 134 valence electrons. The second kappa shape index (κ2) is 6.53. The number of piperidine rings is 1. The Morgan fingerprint density at radius 1 is 1.00 bits per heavy atom. The van der Waals surface area contributed by atoms with Gasteiger partial charge in [0.25, 0.3) is 5.91 Å². The van der Waals surface area contributed by atoms with Crippen molar-refractivity contribution in [2.24, 2.45) is 5.92 Å². The molecule has 1 atom stereocenters. The Kier molecular flexibility index (Phi) is 4.20. The molecule has 2 aromatic carbocycles. The molecular weight excluding hydrogens is 332 g/mol. The van der Waals surface area contributed by atoms with Gasteiger partial charge in [-0.05, 0) is 37.4 Å². The van der Waals surface area contributed by atoms with Gasteiger partial charge in [0, 0.05) is 5.39 Å². The number of nitrogens with zero attached hydrogens (tertiary/aromatic N) is 2. The minimum absolute atomic E-state index is 0.153. The minimum Gasteiger partial charge on any atom is -0.481 e. The molecule has 0 aliphatic carbocycles. The van der Waals surface area contributed by atoms with Gasteiger partial charge in [0.2, 0.25) is 5.91 Å². The monoisotopic (exact) mass is 352 g/mol. The summed E-state index contributed by atoms with van der Waals surface area (Å²) >= 11 is 0. The molecular formula is C20H20N2O4. The summed E-state index contributed by atoms with van der Waals surface area (Å²) in [6, 6.07) is 12.8. The summed E-state index contributed by atoms with van der Waals surface area (Å²) in [5.74, 6) is -1.54. The first-order valence-electron chi connectivity index (χ1n) is 8.87. The Hall–Kier alpha value is -2.73. The Labute approximate surface area is 151 Å². The molecule has 6 heteroatoms. The smallest absolute Gasteiger partial charge is 0.306 e. The van der Waals surface area contributed by atoms with Gasteiger partial charge in [-0.3, -0.25) is 19.3 Å². The van der Waals surface area contributed by atoms with Crippen LogP contribution in [0.3, 0.4) is 0 Å². The van der Waals surface area contributed by atoms with Crippen LogP contribution in [0, 0.1) is 5.92 Å². The Balaban J connectivity index is 1.59. The van der Waals surface area contributed by atoms with Crippen LogP contribution in [-0.2, 0) is 14.4 Å². The van der Waals surface area contributed by atoms with Crippen molar-refractivity contribution in [1.82, 2.24) is 4.90 Å². The minimum atomic E-state index is -0.782. The van der Waals surface area contributed by atoms with Gasteiger partial charge in [0.15, 0.2) is 0 Å². The number of hydrogen-bond acceptors (Lipinski definition) is 4. The van der Waals surface area contributed by atoms with Gasteiger partial charge in [0.05, 0.1) is 24.1 Å². The number of carbonyl (C=O) groups excluding carboxylic acids is 2. The zero-order valence-corrected chi connectivity index (χ0v) is 14.3. The van der Waals surface area contributed by atoms with Gasteiger partial charge in [-0.1, -0.05) is 36.4 Å². The highest BCUT2D eigenvalue weighted by Crippen LogP contribution is 2.33. The number of benzene rings is 2. The number of amides is 2. The molecule has 0 bridgehead atoms. The first-order chi connectivity index (χ1) is 12.6. The van der Waals surface area contributed by atoms with Crippen molar-refractivity contribution in [3.8, 4) is 0 Å². The van der Waals surface area contributed by atoms with E-state index in [4.69, 9.17) is 5.11 Å². The number of hydrogen-bond donors (Lipinski definition) is 1. The van der Waals surface area contributed by atoms with Crippen molar-refractivity contribution in [2.45, 2.75) is 25.3 Å². The second-order valence-corrected chi connectivity index (χ2v) is 6.93. The predicted molar refractivity (Wildman–Crippen MR) is 96.8 cm³/mol. The van der Waals surface area contributed by atoms with Crippen LogP contribution in [-0.4, -0.2) is 46.9 Å². The lowest BCUT2D eigenvalue weighted by Gasteiger charge is -2.33. The summed E-state index contributed by atoms with van der Waals surface area (Å²) < 4.78 is 0. The molecule has 2 fully saturated rings. The number of imide groups is 1. The number of aliphatic carboxylic acids is 1. The number of fused-ring (bicyclic) bond motifs is 1. The lowest BCUT2D eigenvalue weighted by molar-refractivity contribution is -0.143. The maximum absolute atomic E-state index is 13.0. The maximum Gasteiger partial charge on any atom is 0.306 e. The standard InChI is InChI=1S/C20H20N2O4/c23-18-12-17(21-10-8-14(9-11-21)20(25)26)19(24)22(18)16-7-3-5-13-4-1-2-6-15(13)16/h1-7,14,17H,8-12H2,(H,25,26). The van der Waals surface area contributed by atoms with E-state index in [0.717, 1.165) is 10.8 Å². The van der Waals surface area contributed by atoms with E-state index in [0.29, 0.717) is 31.6 Å². The van der Waals surface area contributed by atoms with Crippen LogP contribution < -0.4 is 4.90 Å². The summed E-state index contributed by atoms with van der Waals surface area (Å²) in [6.07, 6.45) is 1.18. The van der Waals surface area contributed by atoms with Crippen molar-refractivity contribution in [3.05, 3.63) is 42.5 Å². The highest BCUT2D eigenvalue weighted by molar-refractivity contribution is 6.25. The molecule has 26 heavy (non-hydrogen) atoms. The third-order valence-corrected chi connectivity index (χ3v) is 5.45. The number of rotatable bonds is 3. The summed E-state index contributed by atoms with van der Waals surface area (Å²) in [4.78, 5) is 40.0. The van der Waals surface area contributed by atoms with Crippen LogP contribution in [0.2, 0.25) is 0 Å². The normalized spacial score (nSPS) is 22.3. The molecule has 2 amide bonds. The van der Waals surface area contributed by atoms with Crippen molar-refractivity contribution >= 4 is 34.2 Å². The summed E-state index contributed by atoms with van der Waals surface area (Å²) in [5, 5.41) is 11.0. The Morgan fingerprint density at radius 3 is 2.42 bits per heavy atom. The molecule has 0 saturated carbocycles. The van der Waals surface area contributed by atoms with E-state index >= 15 is 0 Å². The van der Waals surface area contributed by atoms with Gasteiger partial charge in [-0.15, -0.1) is 0 Å². The molecule has 1 N–H and O–H groups in total. The average molecular weight is 352 g/mol. The van der Waals surface area contributed by atoms with Gasteiger partial charge >= 0.3 is 5.97 Å². The SMILES string of the molecule is O=C(O)C1CCN(C2CC(=O)N(c3cccc4ccccc34)C2=O)CC1. The van der Waals surface area contributed by atoms with Crippen LogP contribution in [0.25, 0.3) is 10.8 Å². The fraction of sp³-hybridized carbons (Fsp3) is 0.350. The fourth-order valence-corrected chi connectivity index (χ4v) is 4.02. The maximum atomic E-state index is 13.0. The number of carbonyl (C=O) groups is 3. The van der Waals surface area contributed by atoms with Crippen molar-refractivity contribution in [3.63, 3.8) is 0 Å². The first kappa shape index (κ1) is 16.7. The number of likely N-dealkylation sites (tertiary alicyclic amines) is 1. The van der Waals surface area contributed by atoms with E-state index < -0.39 is 12.0 Å². The summed E-state index contributed by atoms with van der Waals surface area (Å²) in [7, 11) is 0. The van der Waals surface area contributed by atoms with Gasteiger partial charge in [-0.2, -0.15) is 0 Å². The molecule has 6 nitrogen and oxygen atoms in total. The molecule has 2 saturated heterocycles. The lowest BCUT2D eigenvalue weighted by Crippen LogP contribution is -2.46. The van der Waals surface area contributed by atoms with E-state index in [-0.39, 0.29) is 24.2 Å². The number of carboxylic acids is 1. The van der Waals surface area contributed by atoms with E-state index in [9.17, 15) is 14.4 Å². The largest absolute Gasteiger partial charge is 0.481 e. The quantitative estimate of drug-likeness (QED) is 0.858. The zero-order valence-electron chi connectivity index (χ0n) is 14.3. The summed E-state index contributed by atoms with van der Waals surface area (Å²) in [5.41, 5.74) is 0.626. The molecule has 0 aromatic heterocycles. The van der Waals surface area contributed by atoms with Crippen LogP contribution in [0.1, 0.15) is 19.3 Å². The Bertz CT molecular complexity index is 881. The summed E-state index contributed by atoms with van der Waals surface area (Å²) in [6.45, 7) is 1.06. The lowest BCUT2D eigenvalue weighted by atomic mass is 9.95. The van der Waals surface area contributed by atoms with Crippen molar-refractivity contribution in [1.29, 1.82) is 0 Å². The van der Waals surface area contributed by atoms with Gasteiger partial charge in [-0.25, -0.2) is 4.90 Å². The number of anilines is 1. The van der Waals surface area contributed by atoms with E-state index in [2.05, 4.69) is 0 Å². The van der Waals surface area contributed by atoms with Crippen LogP contribution in [0.15, 0.2) is 42.5 Å². The van der Waals surface area contributed by atoms with Crippen LogP contribution in [0.5, 0.6) is 0 Å². The van der Waals surface area contributed by atoms with Gasteiger partial charge < -0.3 is 5.11 Å². The highest BCUT2D eigenvalue weighted by Gasteiger charge is 2.44. The van der Waals surface area contributed by atoms with Gasteiger partial charge in [0.1, 0.15) is 0 Å². The molecule has 2 heterocycles. The average Bonchev–Trinajstić information content (AvgIpc) is 2.95. The van der Waals surface area contributed by atoms with E-state index in [1.54, 1.807) is 6.07 Å². The molecule has 2 aliphatic heterocycles. The molecule has 2 aromatic rings. The first-order valence-corrected chi connectivity index (χ1v) is 8.87. The van der Waals surface area contributed by atoms with Crippen molar-refractivity contribution in [2.75, 3.05) is 18.0 Å². The third-order valence-electron chi connectivity index (χ3n) is 5.45. The number of carboxylic acid groups (broad SMARTS) is 1. The van der Waals surface area contributed by atoms with Crippen molar-refractivity contribution < 1.29 is 19.5 Å². The Morgan fingerprint density at radius 2 is 1.69 bits per heavy atom. The van der Waals surface area contributed by atoms with Crippen LogP contribution >= 0.6 is 0 Å². The molecule has 1 unspecified atom stereocenters. The fourth-order valence-electron chi connectivity index (χ4n) is 4.02. The molecule has 4 rings (SSSR count). The highest BCUT2D eigenvalue weighted by atomic mass is 16.4.